The second kappa shape index (κ2) is 11.3. The highest BCUT2D eigenvalue weighted by molar-refractivity contribution is 7.98. The zero-order valence-corrected chi connectivity index (χ0v) is 17.6. The number of rotatable bonds is 10. The Bertz CT molecular complexity index is 846. The molecule has 8 nitrogen and oxygen atoms in total. The van der Waals surface area contributed by atoms with Crippen LogP contribution in [0.2, 0.25) is 0 Å². The van der Waals surface area contributed by atoms with Crippen LogP contribution in [0.4, 0.5) is 0 Å². The van der Waals surface area contributed by atoms with Crippen LogP contribution in [-0.4, -0.2) is 42.6 Å². The lowest BCUT2D eigenvalue weighted by molar-refractivity contribution is -0.127. The number of carbonyl (C=O) groups excluding carboxylic acids is 3. The van der Waals surface area contributed by atoms with Crippen LogP contribution in [0.3, 0.4) is 0 Å². The molecule has 0 aliphatic carbocycles. The summed E-state index contributed by atoms with van der Waals surface area (Å²) >= 11 is 1.46. The van der Waals surface area contributed by atoms with E-state index in [-0.39, 0.29) is 12.5 Å². The Labute approximate surface area is 173 Å². The number of thioether (sulfide) groups is 1. The van der Waals surface area contributed by atoms with E-state index in [9.17, 15) is 14.4 Å². The predicted octanol–water partition coefficient (Wildman–Crippen LogP) is 2.38. The van der Waals surface area contributed by atoms with Gasteiger partial charge in [0, 0.05) is 22.8 Å². The second-order valence-electron chi connectivity index (χ2n) is 6.29. The highest BCUT2D eigenvalue weighted by Crippen LogP contribution is 2.29. The second-order valence-corrected chi connectivity index (χ2v) is 7.31. The number of nitrogens with zero attached hydrogens (tertiary/aromatic N) is 1. The van der Waals surface area contributed by atoms with Gasteiger partial charge in [0.25, 0.3) is 5.91 Å². The summed E-state index contributed by atoms with van der Waals surface area (Å²) in [5, 5.41) is 8.99. The van der Waals surface area contributed by atoms with Gasteiger partial charge in [-0.05, 0) is 32.4 Å². The van der Waals surface area contributed by atoms with Gasteiger partial charge in [-0.1, -0.05) is 24.2 Å². The average Bonchev–Trinajstić information content (AvgIpc) is 3.04. The molecule has 0 aliphatic rings. The number of ether oxygens (including phenoxy) is 1. The molecule has 0 bridgehead atoms. The number of hydrogen-bond donors (Lipinski definition) is 2. The van der Waals surface area contributed by atoms with E-state index in [1.165, 1.54) is 11.8 Å². The van der Waals surface area contributed by atoms with E-state index in [1.807, 2.05) is 32.9 Å². The van der Waals surface area contributed by atoms with Gasteiger partial charge in [-0.3, -0.25) is 9.59 Å². The molecule has 0 unspecified atom stereocenters. The molecule has 0 aliphatic heterocycles. The van der Waals surface area contributed by atoms with E-state index in [0.29, 0.717) is 17.9 Å². The Kier molecular flexibility index (Phi) is 8.72. The molecular weight excluding hydrogens is 394 g/mol. The van der Waals surface area contributed by atoms with Crippen molar-refractivity contribution < 1.29 is 23.6 Å². The number of amides is 2. The smallest absolute Gasteiger partial charge is 0.339 e. The van der Waals surface area contributed by atoms with Crippen molar-refractivity contribution in [3.63, 3.8) is 0 Å². The van der Waals surface area contributed by atoms with Crippen molar-refractivity contribution in [3.8, 4) is 0 Å². The van der Waals surface area contributed by atoms with Gasteiger partial charge >= 0.3 is 5.97 Å². The lowest BCUT2D eigenvalue weighted by Crippen LogP contribution is -2.38. The Morgan fingerprint density at radius 3 is 2.59 bits per heavy atom. The number of aryl methyl sites for hydroxylation is 2. The quantitative estimate of drug-likeness (QED) is 0.449. The van der Waals surface area contributed by atoms with Crippen LogP contribution in [0, 0.1) is 13.8 Å². The Morgan fingerprint density at radius 1 is 1.14 bits per heavy atom. The van der Waals surface area contributed by atoms with Crippen molar-refractivity contribution in [3.05, 3.63) is 46.8 Å². The van der Waals surface area contributed by atoms with Crippen molar-refractivity contribution in [2.24, 2.45) is 0 Å². The third kappa shape index (κ3) is 6.94. The number of hydrogen-bond acceptors (Lipinski definition) is 7. The molecular formula is C20H25N3O5S. The van der Waals surface area contributed by atoms with E-state index in [1.54, 1.807) is 12.1 Å². The van der Waals surface area contributed by atoms with Crippen LogP contribution in [0.5, 0.6) is 0 Å². The summed E-state index contributed by atoms with van der Waals surface area (Å²) < 4.78 is 10.3. The van der Waals surface area contributed by atoms with Crippen LogP contribution in [0.15, 0.2) is 33.7 Å². The van der Waals surface area contributed by atoms with Crippen LogP contribution in [-0.2, 0) is 20.1 Å². The lowest BCUT2D eigenvalue weighted by Gasteiger charge is -2.10. The zero-order valence-electron chi connectivity index (χ0n) is 16.7. The van der Waals surface area contributed by atoms with Crippen molar-refractivity contribution in [1.29, 1.82) is 0 Å². The maximum Gasteiger partial charge on any atom is 0.339 e. The fourth-order valence-electron chi connectivity index (χ4n) is 2.38. The molecule has 0 saturated carbocycles. The molecule has 1 aromatic heterocycles. The molecule has 1 heterocycles. The van der Waals surface area contributed by atoms with Gasteiger partial charge in [-0.2, -0.15) is 0 Å². The summed E-state index contributed by atoms with van der Waals surface area (Å²) in [6.45, 7) is 5.59. The molecule has 2 rings (SSSR count). The molecule has 0 saturated heterocycles. The number of benzene rings is 1. The Hall–Kier alpha value is -2.81. The summed E-state index contributed by atoms with van der Waals surface area (Å²) in [6, 6.07) is 7.02. The maximum absolute atomic E-state index is 12.4. The fraction of sp³-hybridized carbons (Fsp3) is 0.400. The topological polar surface area (TPSA) is 111 Å². The maximum atomic E-state index is 12.4. The van der Waals surface area contributed by atoms with Gasteiger partial charge in [-0.15, -0.1) is 11.8 Å². The molecule has 2 aromatic rings. The molecule has 0 spiro atoms. The first-order valence-electron chi connectivity index (χ1n) is 9.26. The lowest BCUT2D eigenvalue weighted by atomic mass is 10.2. The van der Waals surface area contributed by atoms with Gasteiger partial charge in [0.15, 0.2) is 6.61 Å². The number of esters is 1. The van der Waals surface area contributed by atoms with Gasteiger partial charge in [0.05, 0.1) is 17.8 Å². The van der Waals surface area contributed by atoms with Crippen LogP contribution >= 0.6 is 11.8 Å². The normalized spacial score (nSPS) is 10.4. The van der Waals surface area contributed by atoms with Gasteiger partial charge in [-0.25, -0.2) is 4.79 Å². The van der Waals surface area contributed by atoms with Gasteiger partial charge in [0.1, 0.15) is 5.76 Å². The number of aromatic nitrogens is 1. The molecule has 2 amide bonds. The highest BCUT2D eigenvalue weighted by atomic mass is 32.2. The molecule has 1 aromatic carbocycles. The third-order valence-electron chi connectivity index (χ3n) is 4.01. The predicted molar refractivity (Wildman–Crippen MR) is 109 cm³/mol. The van der Waals surface area contributed by atoms with E-state index >= 15 is 0 Å². The van der Waals surface area contributed by atoms with Crippen LogP contribution in [0.25, 0.3) is 0 Å². The zero-order chi connectivity index (χ0) is 21.2. The molecule has 0 atom stereocenters. The summed E-state index contributed by atoms with van der Waals surface area (Å²) in [4.78, 5) is 36.4. The third-order valence-corrected chi connectivity index (χ3v) is 5.11. The molecule has 2 N–H and O–H groups in total. The molecule has 9 heteroatoms. The molecule has 29 heavy (non-hydrogen) atoms. The first-order valence-corrected chi connectivity index (χ1v) is 10.2. The minimum absolute atomic E-state index is 0.153. The van der Waals surface area contributed by atoms with E-state index in [4.69, 9.17) is 9.26 Å². The largest absolute Gasteiger partial charge is 0.452 e. The minimum atomic E-state index is -0.600. The fourth-order valence-corrected chi connectivity index (χ4v) is 3.58. The van der Waals surface area contributed by atoms with Crippen molar-refractivity contribution >= 4 is 29.5 Å². The van der Waals surface area contributed by atoms with Gasteiger partial charge < -0.3 is 19.9 Å². The summed E-state index contributed by atoms with van der Waals surface area (Å²) in [6.07, 6.45) is 0.810. The van der Waals surface area contributed by atoms with E-state index < -0.39 is 18.5 Å². The number of carbonyl (C=O) groups is 3. The van der Waals surface area contributed by atoms with Crippen LogP contribution in [0.1, 0.15) is 40.7 Å². The average molecular weight is 420 g/mol. The summed E-state index contributed by atoms with van der Waals surface area (Å²) in [5.74, 6) is -0.0793. The monoisotopic (exact) mass is 419 g/mol. The van der Waals surface area contributed by atoms with Crippen molar-refractivity contribution in [2.75, 3.05) is 19.7 Å². The summed E-state index contributed by atoms with van der Waals surface area (Å²) in [5.41, 5.74) is 2.17. The highest BCUT2D eigenvalue weighted by Gasteiger charge is 2.16. The van der Waals surface area contributed by atoms with E-state index in [0.717, 1.165) is 28.3 Å². The standard InChI is InChI=1S/C20H25N3O5S/c1-4-9-21-18(24)10-22-19(25)11-27-20(26)15-7-5-6-8-17(15)29-12-16-13(2)23-28-14(16)3/h5-8H,4,9-12H2,1-3H3,(H,21,24)(H,22,25). The summed E-state index contributed by atoms with van der Waals surface area (Å²) in [7, 11) is 0. The van der Waals surface area contributed by atoms with Gasteiger partial charge in [0.2, 0.25) is 5.91 Å². The Morgan fingerprint density at radius 2 is 1.90 bits per heavy atom. The molecule has 156 valence electrons. The number of nitrogens with one attached hydrogen (secondary N) is 2. The Balaban J connectivity index is 1.87. The van der Waals surface area contributed by atoms with Crippen molar-refractivity contribution in [1.82, 2.24) is 15.8 Å². The molecule has 0 fully saturated rings. The molecule has 0 radical (unpaired) electrons. The van der Waals surface area contributed by atoms with E-state index in [2.05, 4.69) is 15.8 Å². The SMILES string of the molecule is CCCNC(=O)CNC(=O)COC(=O)c1ccccc1SCc1c(C)noc1C. The minimum Gasteiger partial charge on any atom is -0.452 e. The first kappa shape index (κ1) is 22.5. The first-order chi connectivity index (χ1) is 13.9. The van der Waals surface area contributed by atoms with Crippen molar-refractivity contribution in [2.45, 2.75) is 37.8 Å². The van der Waals surface area contributed by atoms with Crippen LogP contribution < -0.4 is 10.6 Å².